The molecule has 3 heterocycles. The molecule has 0 saturated carbocycles. The molecular formula is C28H33N5O5S. The van der Waals surface area contributed by atoms with Crippen LogP contribution < -0.4 is 10.3 Å². The number of morpholine rings is 1. The molecular weight excluding hydrogens is 518 g/mol. The molecule has 1 aromatic heterocycles. The number of nitrogens with zero attached hydrogens (tertiary/aromatic N) is 4. The summed E-state index contributed by atoms with van der Waals surface area (Å²) in [6.07, 6.45) is 3.85. The number of benzene rings is 2. The third-order valence-corrected chi connectivity index (χ3v) is 9.15. The lowest BCUT2D eigenvalue weighted by molar-refractivity contribution is 0.0698. The van der Waals surface area contributed by atoms with Crippen molar-refractivity contribution in [2.75, 3.05) is 49.7 Å². The molecule has 39 heavy (non-hydrogen) atoms. The molecule has 2 aliphatic heterocycles. The molecule has 10 nitrogen and oxygen atoms in total. The van der Waals surface area contributed by atoms with E-state index >= 15 is 0 Å². The highest BCUT2D eigenvalue weighted by Crippen LogP contribution is 2.34. The summed E-state index contributed by atoms with van der Waals surface area (Å²) in [6, 6.07) is 14.0. The average Bonchev–Trinajstić information content (AvgIpc) is 3.57. The van der Waals surface area contributed by atoms with E-state index in [0.29, 0.717) is 32.0 Å². The zero-order valence-corrected chi connectivity index (χ0v) is 22.9. The molecule has 2 N–H and O–H groups in total. The van der Waals surface area contributed by atoms with E-state index in [2.05, 4.69) is 20.0 Å². The van der Waals surface area contributed by atoms with Gasteiger partial charge in [0, 0.05) is 43.1 Å². The Morgan fingerprint density at radius 1 is 1.00 bits per heavy atom. The first-order valence-electron chi connectivity index (χ1n) is 13.0. The lowest BCUT2D eigenvalue weighted by atomic mass is 10.2. The second kappa shape index (κ2) is 11.2. The van der Waals surface area contributed by atoms with E-state index in [4.69, 9.17) is 4.74 Å². The van der Waals surface area contributed by atoms with Crippen molar-refractivity contribution < 1.29 is 23.1 Å². The number of hydrazone groups is 1. The van der Waals surface area contributed by atoms with Crippen molar-refractivity contribution in [1.82, 2.24) is 8.87 Å². The van der Waals surface area contributed by atoms with Crippen LogP contribution in [-0.4, -0.2) is 74.0 Å². The molecule has 0 amide bonds. The zero-order chi connectivity index (χ0) is 27.6. The number of rotatable bonds is 8. The van der Waals surface area contributed by atoms with E-state index in [1.54, 1.807) is 36.5 Å². The number of sulfonamides is 1. The van der Waals surface area contributed by atoms with Gasteiger partial charge in [0.2, 0.25) is 10.0 Å². The Morgan fingerprint density at radius 3 is 2.44 bits per heavy atom. The fraction of sp³-hybridized carbons (Fsp3) is 0.357. The average molecular weight is 552 g/mol. The standard InChI is InChI=1S/C28H33N5O5S/c1-20-17-22(19-29-30-25-8-4-3-7-24(25)28(34)35)21(2)33(20)27-18-23(9-10-26(27)31-11-5-6-12-31)39(36,37)32-13-15-38-16-14-32/h3-4,7-10,17-19,30H,5-6,11-16H2,1-2H3,(H,34,35). The van der Waals surface area contributed by atoms with Crippen molar-refractivity contribution in [3.05, 3.63) is 71.0 Å². The number of aromatic nitrogens is 1. The summed E-state index contributed by atoms with van der Waals surface area (Å²) in [5.74, 6) is -1.03. The minimum absolute atomic E-state index is 0.133. The van der Waals surface area contributed by atoms with Crippen LogP contribution in [-0.2, 0) is 14.8 Å². The van der Waals surface area contributed by atoms with Crippen LogP contribution in [0.3, 0.4) is 0 Å². The number of aromatic carboxylic acids is 1. The van der Waals surface area contributed by atoms with Gasteiger partial charge in [-0.05, 0) is 63.1 Å². The Balaban J connectivity index is 1.52. The van der Waals surface area contributed by atoms with E-state index in [0.717, 1.165) is 54.3 Å². The maximum Gasteiger partial charge on any atom is 0.337 e. The van der Waals surface area contributed by atoms with Crippen molar-refractivity contribution >= 4 is 33.6 Å². The van der Waals surface area contributed by atoms with Gasteiger partial charge in [-0.25, -0.2) is 13.2 Å². The third-order valence-electron chi connectivity index (χ3n) is 7.26. The minimum Gasteiger partial charge on any atom is -0.478 e. The summed E-state index contributed by atoms with van der Waals surface area (Å²) in [5.41, 5.74) is 7.83. The molecule has 2 fully saturated rings. The topological polar surface area (TPSA) is 116 Å². The van der Waals surface area contributed by atoms with Crippen LogP contribution in [0.25, 0.3) is 5.69 Å². The number of carboxylic acid groups (broad SMARTS) is 1. The number of aryl methyl sites for hydroxylation is 1. The number of hydrogen-bond acceptors (Lipinski definition) is 7. The van der Waals surface area contributed by atoms with Crippen LogP contribution in [0.1, 0.15) is 40.2 Å². The molecule has 2 aliphatic rings. The molecule has 0 spiro atoms. The highest BCUT2D eigenvalue weighted by Gasteiger charge is 2.28. The Bertz CT molecular complexity index is 1500. The van der Waals surface area contributed by atoms with E-state index in [1.165, 1.54) is 10.4 Å². The van der Waals surface area contributed by atoms with Crippen molar-refractivity contribution in [1.29, 1.82) is 0 Å². The van der Waals surface area contributed by atoms with Crippen molar-refractivity contribution in [2.45, 2.75) is 31.6 Å². The minimum atomic E-state index is -3.67. The van der Waals surface area contributed by atoms with Crippen LogP contribution in [0, 0.1) is 13.8 Å². The Hall–Kier alpha value is -3.67. The number of anilines is 2. The van der Waals surface area contributed by atoms with Crippen molar-refractivity contribution in [3.63, 3.8) is 0 Å². The van der Waals surface area contributed by atoms with Gasteiger partial charge in [-0.1, -0.05) is 12.1 Å². The van der Waals surface area contributed by atoms with Gasteiger partial charge in [-0.2, -0.15) is 9.41 Å². The second-order valence-corrected chi connectivity index (χ2v) is 11.7. The summed E-state index contributed by atoms with van der Waals surface area (Å²) >= 11 is 0. The van der Waals surface area contributed by atoms with E-state index in [9.17, 15) is 18.3 Å². The molecule has 0 unspecified atom stereocenters. The number of ether oxygens (including phenoxy) is 1. The number of hydrogen-bond donors (Lipinski definition) is 2. The quantitative estimate of drug-likeness (QED) is 0.323. The first-order valence-corrected chi connectivity index (χ1v) is 14.5. The predicted octanol–water partition coefficient (Wildman–Crippen LogP) is 3.86. The summed E-state index contributed by atoms with van der Waals surface area (Å²) in [4.78, 5) is 14.1. The van der Waals surface area contributed by atoms with E-state index in [-0.39, 0.29) is 10.5 Å². The molecule has 3 aromatic rings. The number of para-hydroxylation sites is 1. The van der Waals surface area contributed by atoms with Gasteiger partial charge >= 0.3 is 5.97 Å². The number of carbonyl (C=O) groups is 1. The normalized spacial score (nSPS) is 16.7. The molecule has 206 valence electrons. The molecule has 5 rings (SSSR count). The van der Waals surface area contributed by atoms with Crippen molar-refractivity contribution in [3.8, 4) is 5.69 Å². The van der Waals surface area contributed by atoms with Crippen LogP contribution in [0.4, 0.5) is 11.4 Å². The lowest BCUT2D eigenvalue weighted by Crippen LogP contribution is -2.40. The van der Waals surface area contributed by atoms with Crippen LogP contribution in [0.5, 0.6) is 0 Å². The van der Waals surface area contributed by atoms with E-state index in [1.807, 2.05) is 26.0 Å². The molecule has 0 bridgehead atoms. The Kier molecular flexibility index (Phi) is 7.74. The van der Waals surface area contributed by atoms with E-state index < -0.39 is 16.0 Å². The predicted molar refractivity (Wildman–Crippen MR) is 151 cm³/mol. The highest BCUT2D eigenvalue weighted by molar-refractivity contribution is 7.89. The highest BCUT2D eigenvalue weighted by atomic mass is 32.2. The van der Waals surface area contributed by atoms with Gasteiger partial charge in [-0.15, -0.1) is 0 Å². The first kappa shape index (κ1) is 26.9. The van der Waals surface area contributed by atoms with Gasteiger partial charge in [0.25, 0.3) is 0 Å². The summed E-state index contributed by atoms with van der Waals surface area (Å²) in [5, 5.41) is 13.7. The Labute approximate surface area is 228 Å². The molecule has 0 radical (unpaired) electrons. The molecule has 0 atom stereocenters. The largest absolute Gasteiger partial charge is 0.478 e. The second-order valence-electron chi connectivity index (χ2n) is 9.74. The Morgan fingerprint density at radius 2 is 1.72 bits per heavy atom. The van der Waals surface area contributed by atoms with Gasteiger partial charge in [0.15, 0.2) is 0 Å². The maximum absolute atomic E-state index is 13.5. The zero-order valence-electron chi connectivity index (χ0n) is 22.1. The monoisotopic (exact) mass is 551 g/mol. The number of carboxylic acids is 1. The summed E-state index contributed by atoms with van der Waals surface area (Å²) in [7, 11) is -3.67. The molecule has 0 aliphatic carbocycles. The van der Waals surface area contributed by atoms with Crippen LogP contribution >= 0.6 is 0 Å². The van der Waals surface area contributed by atoms with Gasteiger partial charge in [0.1, 0.15) is 0 Å². The fourth-order valence-corrected chi connectivity index (χ4v) is 6.66. The number of nitrogens with one attached hydrogen (secondary N) is 1. The smallest absolute Gasteiger partial charge is 0.337 e. The molecule has 2 saturated heterocycles. The van der Waals surface area contributed by atoms with Gasteiger partial charge in [-0.3, -0.25) is 5.43 Å². The van der Waals surface area contributed by atoms with Crippen molar-refractivity contribution in [2.24, 2.45) is 5.10 Å². The first-order chi connectivity index (χ1) is 18.8. The molecule has 2 aromatic carbocycles. The molecule has 11 heteroatoms. The van der Waals surface area contributed by atoms with Crippen LogP contribution in [0.2, 0.25) is 0 Å². The third kappa shape index (κ3) is 5.42. The summed E-state index contributed by atoms with van der Waals surface area (Å²) in [6.45, 7) is 7.25. The maximum atomic E-state index is 13.5. The van der Waals surface area contributed by atoms with Crippen LogP contribution in [0.15, 0.2) is 58.5 Å². The fourth-order valence-electron chi connectivity index (χ4n) is 5.23. The SMILES string of the molecule is Cc1cc(C=NNc2ccccc2C(=O)O)c(C)n1-c1cc(S(=O)(=O)N2CCOCC2)ccc1N1CCCC1. The van der Waals surface area contributed by atoms with Gasteiger partial charge in [0.05, 0.1) is 46.9 Å². The van der Waals surface area contributed by atoms with Gasteiger partial charge < -0.3 is 19.3 Å². The lowest BCUT2D eigenvalue weighted by Gasteiger charge is -2.28. The summed E-state index contributed by atoms with van der Waals surface area (Å²) < 4.78 is 35.9.